The summed E-state index contributed by atoms with van der Waals surface area (Å²) < 4.78 is 10.5. The van der Waals surface area contributed by atoms with Gasteiger partial charge < -0.3 is 20.3 Å². The second kappa shape index (κ2) is 5.00. The van der Waals surface area contributed by atoms with Crippen LogP contribution in [-0.2, 0) is 0 Å². The standard InChI is InChI=1S/C11H17NO3/c1-11(12,7-13)8-15-10-5-3-4-9(6-10)14-2/h3-6,13H,7-8,12H2,1-2H3. The zero-order chi connectivity index (χ0) is 11.3. The molecule has 15 heavy (non-hydrogen) atoms. The van der Waals surface area contributed by atoms with Crippen molar-refractivity contribution < 1.29 is 14.6 Å². The van der Waals surface area contributed by atoms with Crippen LogP contribution in [0.25, 0.3) is 0 Å². The molecule has 0 spiro atoms. The Kier molecular flexibility index (Phi) is 3.94. The fourth-order valence-corrected chi connectivity index (χ4v) is 0.985. The second-order valence-corrected chi connectivity index (χ2v) is 3.78. The topological polar surface area (TPSA) is 64.7 Å². The summed E-state index contributed by atoms with van der Waals surface area (Å²) in [7, 11) is 1.60. The predicted octanol–water partition coefficient (Wildman–Crippen LogP) is 0.784. The minimum atomic E-state index is -0.719. The van der Waals surface area contributed by atoms with Crippen molar-refractivity contribution in [1.82, 2.24) is 0 Å². The Morgan fingerprint density at radius 2 is 2.07 bits per heavy atom. The zero-order valence-electron chi connectivity index (χ0n) is 9.06. The Hall–Kier alpha value is -1.26. The molecule has 1 unspecified atom stereocenters. The van der Waals surface area contributed by atoms with Crippen LogP contribution in [0, 0.1) is 0 Å². The Morgan fingerprint density at radius 3 is 2.67 bits per heavy atom. The van der Waals surface area contributed by atoms with Gasteiger partial charge in [0, 0.05) is 6.07 Å². The number of methoxy groups -OCH3 is 1. The third kappa shape index (κ3) is 3.77. The second-order valence-electron chi connectivity index (χ2n) is 3.78. The van der Waals surface area contributed by atoms with Crippen molar-refractivity contribution in [3.05, 3.63) is 24.3 Å². The molecule has 0 aliphatic carbocycles. The first kappa shape index (κ1) is 11.8. The van der Waals surface area contributed by atoms with E-state index in [-0.39, 0.29) is 13.2 Å². The van der Waals surface area contributed by atoms with Crippen molar-refractivity contribution in [2.24, 2.45) is 5.73 Å². The molecule has 0 fully saturated rings. The van der Waals surface area contributed by atoms with E-state index in [1.165, 1.54) is 0 Å². The summed E-state index contributed by atoms with van der Waals surface area (Å²) in [6, 6.07) is 7.25. The first-order valence-corrected chi connectivity index (χ1v) is 4.74. The number of rotatable bonds is 5. The van der Waals surface area contributed by atoms with E-state index in [0.717, 1.165) is 5.75 Å². The summed E-state index contributed by atoms with van der Waals surface area (Å²) in [6.07, 6.45) is 0. The highest BCUT2D eigenvalue weighted by atomic mass is 16.5. The molecular weight excluding hydrogens is 194 g/mol. The fourth-order valence-electron chi connectivity index (χ4n) is 0.985. The molecule has 1 aromatic rings. The zero-order valence-corrected chi connectivity index (χ0v) is 9.06. The van der Waals surface area contributed by atoms with E-state index in [1.54, 1.807) is 20.1 Å². The maximum atomic E-state index is 8.94. The van der Waals surface area contributed by atoms with Crippen molar-refractivity contribution in [2.45, 2.75) is 12.5 Å². The van der Waals surface area contributed by atoms with Crippen LogP contribution >= 0.6 is 0 Å². The molecule has 4 heteroatoms. The van der Waals surface area contributed by atoms with Gasteiger partial charge in [0.05, 0.1) is 19.3 Å². The van der Waals surface area contributed by atoms with Crippen molar-refractivity contribution in [3.8, 4) is 11.5 Å². The molecule has 0 bridgehead atoms. The number of hydrogen-bond donors (Lipinski definition) is 2. The van der Waals surface area contributed by atoms with E-state index in [9.17, 15) is 0 Å². The minimum absolute atomic E-state index is 0.114. The minimum Gasteiger partial charge on any atom is -0.497 e. The largest absolute Gasteiger partial charge is 0.497 e. The Morgan fingerprint density at radius 1 is 1.40 bits per heavy atom. The van der Waals surface area contributed by atoms with Crippen LogP contribution in [0.5, 0.6) is 11.5 Å². The first-order valence-electron chi connectivity index (χ1n) is 4.74. The Labute approximate surface area is 89.6 Å². The van der Waals surface area contributed by atoms with E-state index in [0.29, 0.717) is 5.75 Å². The van der Waals surface area contributed by atoms with Crippen LogP contribution in [0.4, 0.5) is 0 Å². The predicted molar refractivity (Wildman–Crippen MR) is 58.2 cm³/mol. The lowest BCUT2D eigenvalue weighted by molar-refractivity contribution is 0.146. The smallest absolute Gasteiger partial charge is 0.123 e. The van der Waals surface area contributed by atoms with Crippen LogP contribution in [-0.4, -0.2) is 31.0 Å². The molecule has 1 aromatic carbocycles. The molecule has 0 saturated heterocycles. The molecule has 0 aromatic heterocycles. The SMILES string of the molecule is COc1cccc(OCC(C)(N)CO)c1. The third-order valence-corrected chi connectivity index (χ3v) is 1.97. The van der Waals surface area contributed by atoms with E-state index in [4.69, 9.17) is 20.3 Å². The molecule has 1 rings (SSSR count). The lowest BCUT2D eigenvalue weighted by atomic mass is 10.1. The van der Waals surface area contributed by atoms with Gasteiger partial charge in [-0.25, -0.2) is 0 Å². The highest BCUT2D eigenvalue weighted by Crippen LogP contribution is 2.19. The van der Waals surface area contributed by atoms with E-state index < -0.39 is 5.54 Å². The molecule has 0 radical (unpaired) electrons. The third-order valence-electron chi connectivity index (χ3n) is 1.97. The van der Waals surface area contributed by atoms with E-state index in [2.05, 4.69) is 0 Å². The maximum absolute atomic E-state index is 8.94. The molecule has 3 N–H and O–H groups in total. The van der Waals surface area contributed by atoms with Crippen LogP contribution < -0.4 is 15.2 Å². The number of aliphatic hydroxyl groups is 1. The number of nitrogens with two attached hydrogens (primary N) is 1. The van der Waals surface area contributed by atoms with Gasteiger partial charge in [0.15, 0.2) is 0 Å². The van der Waals surface area contributed by atoms with Gasteiger partial charge in [-0.3, -0.25) is 0 Å². The van der Waals surface area contributed by atoms with Gasteiger partial charge in [0.25, 0.3) is 0 Å². The molecule has 0 aliphatic rings. The maximum Gasteiger partial charge on any atom is 0.123 e. The van der Waals surface area contributed by atoms with Crippen LogP contribution in [0.2, 0.25) is 0 Å². The molecule has 0 saturated carbocycles. The van der Waals surface area contributed by atoms with Gasteiger partial charge in [-0.05, 0) is 19.1 Å². The summed E-state index contributed by atoms with van der Waals surface area (Å²) in [4.78, 5) is 0. The summed E-state index contributed by atoms with van der Waals surface area (Å²) in [5.41, 5.74) is 5.01. The Bertz CT molecular complexity index is 312. The van der Waals surface area contributed by atoms with Gasteiger partial charge >= 0.3 is 0 Å². The van der Waals surface area contributed by atoms with Gasteiger partial charge in [-0.2, -0.15) is 0 Å². The molecule has 0 aliphatic heterocycles. The molecule has 0 amide bonds. The highest BCUT2D eigenvalue weighted by molar-refractivity contribution is 5.32. The molecule has 1 atom stereocenters. The van der Waals surface area contributed by atoms with Crippen molar-refractivity contribution in [2.75, 3.05) is 20.3 Å². The lowest BCUT2D eigenvalue weighted by Crippen LogP contribution is -2.45. The highest BCUT2D eigenvalue weighted by Gasteiger charge is 2.17. The van der Waals surface area contributed by atoms with Gasteiger partial charge in [-0.15, -0.1) is 0 Å². The van der Waals surface area contributed by atoms with Crippen LogP contribution in [0.3, 0.4) is 0 Å². The summed E-state index contributed by atoms with van der Waals surface area (Å²) >= 11 is 0. The fraction of sp³-hybridized carbons (Fsp3) is 0.455. The quantitative estimate of drug-likeness (QED) is 0.755. The summed E-state index contributed by atoms with van der Waals surface area (Å²) in [5.74, 6) is 1.41. The number of aliphatic hydroxyl groups excluding tert-OH is 1. The molecular formula is C11H17NO3. The normalized spacial score (nSPS) is 14.4. The van der Waals surface area contributed by atoms with Gasteiger partial charge in [0.2, 0.25) is 0 Å². The lowest BCUT2D eigenvalue weighted by Gasteiger charge is -2.21. The van der Waals surface area contributed by atoms with Gasteiger partial charge in [-0.1, -0.05) is 6.07 Å². The summed E-state index contributed by atoms with van der Waals surface area (Å²) in [6.45, 7) is 1.88. The number of benzene rings is 1. The van der Waals surface area contributed by atoms with Gasteiger partial charge in [0.1, 0.15) is 18.1 Å². The average Bonchev–Trinajstić information content (AvgIpc) is 2.27. The monoisotopic (exact) mass is 211 g/mol. The first-order chi connectivity index (χ1) is 7.07. The van der Waals surface area contributed by atoms with E-state index in [1.807, 2.05) is 18.2 Å². The average molecular weight is 211 g/mol. The van der Waals surface area contributed by atoms with Crippen molar-refractivity contribution in [1.29, 1.82) is 0 Å². The van der Waals surface area contributed by atoms with Crippen molar-refractivity contribution in [3.63, 3.8) is 0 Å². The van der Waals surface area contributed by atoms with Crippen LogP contribution in [0.15, 0.2) is 24.3 Å². The number of ether oxygens (including phenoxy) is 2. The Balaban J connectivity index is 2.57. The van der Waals surface area contributed by atoms with E-state index >= 15 is 0 Å². The van der Waals surface area contributed by atoms with Crippen molar-refractivity contribution >= 4 is 0 Å². The van der Waals surface area contributed by atoms with Crippen LogP contribution in [0.1, 0.15) is 6.92 Å². The molecule has 0 heterocycles. The summed E-state index contributed by atoms with van der Waals surface area (Å²) in [5, 5.41) is 8.94. The number of hydrogen-bond acceptors (Lipinski definition) is 4. The molecule has 4 nitrogen and oxygen atoms in total. The molecule has 84 valence electrons.